The van der Waals surface area contributed by atoms with Crippen molar-refractivity contribution in [2.45, 2.75) is 11.6 Å². The second-order valence-electron chi connectivity index (χ2n) is 4.71. The molecule has 0 bridgehead atoms. The van der Waals surface area contributed by atoms with E-state index in [9.17, 15) is 17.6 Å². The molecule has 24 heavy (non-hydrogen) atoms. The fraction of sp³-hybridized carbons (Fsp3) is 0.133. The zero-order chi connectivity index (χ0) is 17.1. The van der Waals surface area contributed by atoms with Gasteiger partial charge in [0.05, 0.1) is 5.69 Å². The van der Waals surface area contributed by atoms with Crippen molar-refractivity contribution in [3.63, 3.8) is 0 Å². The normalized spacial score (nSPS) is 11.0. The van der Waals surface area contributed by atoms with Gasteiger partial charge in [-0.25, -0.2) is 13.8 Å². The van der Waals surface area contributed by atoms with Gasteiger partial charge in [-0.3, -0.25) is 0 Å². The summed E-state index contributed by atoms with van der Waals surface area (Å²) in [5.41, 5.74) is 1.37. The van der Waals surface area contributed by atoms with Crippen LogP contribution in [0.25, 0.3) is 17.0 Å². The van der Waals surface area contributed by atoms with Gasteiger partial charge in [0.1, 0.15) is 5.82 Å². The lowest BCUT2D eigenvalue weighted by Gasteiger charge is -2.03. The van der Waals surface area contributed by atoms with Crippen LogP contribution < -0.4 is 0 Å². The molecule has 2 aromatic heterocycles. The summed E-state index contributed by atoms with van der Waals surface area (Å²) < 4.78 is 51.3. The van der Waals surface area contributed by atoms with Gasteiger partial charge in [-0.15, -0.1) is 5.10 Å². The maximum atomic E-state index is 13.0. The van der Waals surface area contributed by atoms with Gasteiger partial charge in [0.25, 0.3) is 5.78 Å². The molecule has 0 fully saturated rings. The smallest absolute Gasteiger partial charge is 0.220 e. The minimum atomic E-state index is -2.31. The van der Waals surface area contributed by atoms with Gasteiger partial charge in [0.15, 0.2) is 5.83 Å². The number of thioether (sulfide) groups is 1. The maximum absolute atomic E-state index is 13.0. The summed E-state index contributed by atoms with van der Waals surface area (Å²) in [5, 5.41) is 4.53. The molecule has 0 saturated carbocycles. The molecule has 0 atom stereocenters. The molecule has 0 saturated heterocycles. The Morgan fingerprint density at radius 2 is 1.83 bits per heavy atom. The van der Waals surface area contributed by atoms with Crippen molar-refractivity contribution >= 4 is 17.5 Å². The van der Waals surface area contributed by atoms with Crippen LogP contribution in [-0.2, 0) is 0 Å². The Morgan fingerprint density at radius 3 is 2.54 bits per heavy atom. The van der Waals surface area contributed by atoms with Crippen LogP contribution in [0.5, 0.6) is 0 Å². The first-order valence-electron chi connectivity index (χ1n) is 6.85. The number of allylic oxidation sites excluding steroid dienone is 1. The molecule has 1 aromatic carbocycles. The molecule has 0 N–H and O–H groups in total. The second kappa shape index (κ2) is 7.00. The lowest BCUT2D eigenvalue weighted by molar-refractivity contribution is 0.373. The van der Waals surface area contributed by atoms with Crippen molar-refractivity contribution in [3.8, 4) is 11.3 Å². The SMILES string of the molecule is FC(F)=C(F)CCSc1nc2nccc(-c3ccc(F)cc3)n2n1. The topological polar surface area (TPSA) is 43.1 Å². The number of aromatic nitrogens is 4. The van der Waals surface area contributed by atoms with Crippen LogP contribution in [0.1, 0.15) is 6.42 Å². The predicted octanol–water partition coefficient (Wildman–Crippen LogP) is 4.49. The number of rotatable bonds is 5. The van der Waals surface area contributed by atoms with E-state index in [4.69, 9.17) is 0 Å². The maximum Gasteiger partial charge on any atom is 0.301 e. The Balaban J connectivity index is 1.85. The first-order chi connectivity index (χ1) is 11.5. The average molecular weight is 354 g/mol. The van der Waals surface area contributed by atoms with Gasteiger partial charge in [0, 0.05) is 23.9 Å². The molecule has 0 aliphatic rings. The molecule has 3 aromatic rings. The third-order valence-electron chi connectivity index (χ3n) is 3.12. The molecule has 0 aliphatic carbocycles. The van der Waals surface area contributed by atoms with Crippen molar-refractivity contribution in [1.29, 1.82) is 0 Å². The van der Waals surface area contributed by atoms with Gasteiger partial charge in [-0.05, 0) is 30.3 Å². The minimum absolute atomic E-state index is 0.0753. The summed E-state index contributed by atoms with van der Waals surface area (Å²) >= 11 is 1.05. The molecule has 0 unspecified atom stereocenters. The number of nitrogens with zero attached hydrogens (tertiary/aromatic N) is 4. The third-order valence-corrected chi connectivity index (χ3v) is 3.96. The van der Waals surface area contributed by atoms with Gasteiger partial charge in [0.2, 0.25) is 5.16 Å². The lowest BCUT2D eigenvalue weighted by atomic mass is 10.1. The predicted molar refractivity (Wildman–Crippen MR) is 81.9 cm³/mol. The van der Waals surface area contributed by atoms with E-state index in [1.807, 2.05) is 0 Å². The molecule has 9 heteroatoms. The molecular weight excluding hydrogens is 344 g/mol. The number of halogens is 4. The van der Waals surface area contributed by atoms with Crippen LogP contribution in [0.2, 0.25) is 0 Å². The van der Waals surface area contributed by atoms with E-state index in [2.05, 4.69) is 15.1 Å². The van der Waals surface area contributed by atoms with Crippen molar-refractivity contribution in [2.24, 2.45) is 0 Å². The van der Waals surface area contributed by atoms with Crippen molar-refractivity contribution in [1.82, 2.24) is 19.6 Å². The highest BCUT2D eigenvalue weighted by atomic mass is 32.2. The Labute approximate surface area is 138 Å². The van der Waals surface area contributed by atoms with Crippen LogP contribution in [0.3, 0.4) is 0 Å². The zero-order valence-corrected chi connectivity index (χ0v) is 12.9. The fourth-order valence-corrected chi connectivity index (χ4v) is 2.75. The van der Waals surface area contributed by atoms with Crippen LogP contribution >= 0.6 is 11.8 Å². The lowest BCUT2D eigenvalue weighted by Crippen LogP contribution is -1.96. The van der Waals surface area contributed by atoms with Crippen molar-refractivity contribution in [2.75, 3.05) is 5.75 Å². The Bertz CT molecular complexity index is 888. The molecule has 0 aliphatic heterocycles. The average Bonchev–Trinajstić information content (AvgIpc) is 2.98. The highest BCUT2D eigenvalue weighted by Crippen LogP contribution is 2.23. The summed E-state index contributed by atoms with van der Waals surface area (Å²) in [6, 6.07) is 7.56. The van der Waals surface area contributed by atoms with Crippen LogP contribution in [0.15, 0.2) is 53.6 Å². The summed E-state index contributed by atoms with van der Waals surface area (Å²) in [7, 11) is 0. The third kappa shape index (κ3) is 3.56. The molecule has 124 valence electrons. The second-order valence-corrected chi connectivity index (χ2v) is 5.77. The van der Waals surface area contributed by atoms with Crippen LogP contribution in [0, 0.1) is 5.82 Å². The largest absolute Gasteiger partial charge is 0.301 e. The molecule has 2 heterocycles. The van der Waals surface area contributed by atoms with E-state index in [0.717, 1.165) is 17.3 Å². The summed E-state index contributed by atoms with van der Waals surface area (Å²) in [4.78, 5) is 8.24. The van der Waals surface area contributed by atoms with Crippen molar-refractivity contribution < 1.29 is 17.6 Å². The Morgan fingerprint density at radius 1 is 1.08 bits per heavy atom. The molecule has 0 radical (unpaired) electrons. The number of fused-ring (bicyclic) bond motifs is 1. The standard InChI is InChI=1S/C15H10F4N4S/c16-10-3-1-9(2-4-10)12-5-7-20-14-21-15(22-23(12)14)24-8-6-11(17)13(18)19/h1-5,7H,6,8H2. The minimum Gasteiger partial charge on any atom is -0.220 e. The number of hydrogen-bond donors (Lipinski definition) is 0. The summed E-state index contributed by atoms with van der Waals surface area (Å²) in [5.74, 6) is -1.40. The first-order valence-corrected chi connectivity index (χ1v) is 7.83. The molecule has 3 rings (SSSR count). The van der Waals surface area contributed by atoms with Gasteiger partial charge in [-0.2, -0.15) is 18.3 Å². The highest BCUT2D eigenvalue weighted by molar-refractivity contribution is 7.99. The van der Waals surface area contributed by atoms with E-state index in [1.165, 1.54) is 22.8 Å². The summed E-state index contributed by atoms with van der Waals surface area (Å²) in [6.45, 7) is 0. The number of benzene rings is 1. The Hall–Kier alpha value is -2.42. The monoisotopic (exact) mass is 354 g/mol. The van der Waals surface area contributed by atoms with E-state index in [-0.39, 0.29) is 11.6 Å². The fourth-order valence-electron chi connectivity index (χ4n) is 2.00. The molecule has 0 spiro atoms. The van der Waals surface area contributed by atoms with Gasteiger partial charge >= 0.3 is 6.08 Å². The van der Waals surface area contributed by atoms with Crippen LogP contribution in [0.4, 0.5) is 17.6 Å². The van der Waals surface area contributed by atoms with E-state index >= 15 is 0 Å². The van der Waals surface area contributed by atoms with E-state index in [0.29, 0.717) is 16.6 Å². The first kappa shape index (κ1) is 16.4. The molecular formula is C15H10F4N4S. The molecule has 0 amide bonds. The van der Waals surface area contributed by atoms with Crippen LogP contribution in [-0.4, -0.2) is 25.3 Å². The van der Waals surface area contributed by atoms with Gasteiger partial charge in [-0.1, -0.05) is 11.8 Å². The van der Waals surface area contributed by atoms with E-state index in [1.54, 1.807) is 18.2 Å². The van der Waals surface area contributed by atoms with Gasteiger partial charge < -0.3 is 0 Å². The molecule has 4 nitrogen and oxygen atoms in total. The Kier molecular flexibility index (Phi) is 4.79. The zero-order valence-electron chi connectivity index (χ0n) is 12.1. The quantitative estimate of drug-likeness (QED) is 0.500. The van der Waals surface area contributed by atoms with E-state index < -0.39 is 18.3 Å². The summed E-state index contributed by atoms with van der Waals surface area (Å²) in [6.07, 6.45) is -1.17. The number of hydrogen-bond acceptors (Lipinski definition) is 4. The van der Waals surface area contributed by atoms with Crippen molar-refractivity contribution in [3.05, 3.63) is 54.3 Å². The highest BCUT2D eigenvalue weighted by Gasteiger charge is 2.11.